The predicted molar refractivity (Wildman–Crippen MR) is 60.4 cm³/mol. The fourth-order valence-corrected chi connectivity index (χ4v) is 1.52. The van der Waals surface area contributed by atoms with Crippen molar-refractivity contribution in [3.05, 3.63) is 40.8 Å². The highest BCUT2D eigenvalue weighted by molar-refractivity contribution is 9.10. The Bertz CT molecular complexity index is 521. The van der Waals surface area contributed by atoms with Crippen LogP contribution >= 0.6 is 15.9 Å². The van der Waals surface area contributed by atoms with Gasteiger partial charge >= 0.3 is 0 Å². The van der Waals surface area contributed by atoms with Crippen LogP contribution in [-0.4, -0.2) is 9.55 Å². The van der Waals surface area contributed by atoms with Gasteiger partial charge in [0.05, 0.1) is 0 Å². The van der Waals surface area contributed by atoms with Crippen molar-refractivity contribution in [3.8, 4) is 11.8 Å². The summed E-state index contributed by atoms with van der Waals surface area (Å²) in [5, 5.41) is 8.71. The van der Waals surface area contributed by atoms with Crippen LogP contribution < -0.4 is 5.73 Å². The Morgan fingerprint density at radius 3 is 2.53 bits per heavy atom. The van der Waals surface area contributed by atoms with Crippen molar-refractivity contribution in [1.29, 1.82) is 5.26 Å². The first kappa shape index (κ1) is 9.74. The smallest absolute Gasteiger partial charge is 0.182 e. The van der Waals surface area contributed by atoms with Crippen LogP contribution in [0.1, 0.15) is 5.69 Å². The zero-order chi connectivity index (χ0) is 10.8. The van der Waals surface area contributed by atoms with Crippen LogP contribution in [0.25, 0.3) is 5.69 Å². The van der Waals surface area contributed by atoms with Crippen LogP contribution in [0.2, 0.25) is 0 Å². The molecule has 15 heavy (non-hydrogen) atoms. The lowest BCUT2D eigenvalue weighted by atomic mass is 10.3. The number of nitrogens with zero attached hydrogens (tertiary/aromatic N) is 3. The first-order chi connectivity index (χ1) is 7.22. The van der Waals surface area contributed by atoms with Gasteiger partial charge in [-0.25, -0.2) is 4.98 Å². The number of nitriles is 1. The van der Waals surface area contributed by atoms with Crippen molar-refractivity contribution in [2.75, 3.05) is 5.73 Å². The Balaban J connectivity index is 2.51. The molecule has 0 radical (unpaired) electrons. The van der Waals surface area contributed by atoms with E-state index in [1.54, 1.807) is 4.57 Å². The number of halogens is 1. The number of imidazole rings is 1. The maximum absolute atomic E-state index is 8.71. The number of anilines is 1. The Hall–Kier alpha value is -1.80. The van der Waals surface area contributed by atoms with E-state index in [2.05, 4.69) is 20.9 Å². The second kappa shape index (κ2) is 3.75. The van der Waals surface area contributed by atoms with E-state index in [1.807, 2.05) is 30.3 Å². The van der Waals surface area contributed by atoms with Crippen molar-refractivity contribution in [1.82, 2.24) is 9.55 Å². The van der Waals surface area contributed by atoms with Gasteiger partial charge in [-0.1, -0.05) is 15.9 Å². The second-order valence-corrected chi connectivity index (χ2v) is 3.85. The average molecular weight is 263 g/mol. The Morgan fingerprint density at radius 2 is 2.00 bits per heavy atom. The average Bonchev–Trinajstić information content (AvgIpc) is 2.61. The summed E-state index contributed by atoms with van der Waals surface area (Å²) in [7, 11) is 0. The quantitative estimate of drug-likeness (QED) is 0.856. The molecule has 1 aromatic carbocycles. The Labute approximate surface area is 95.1 Å². The molecule has 2 aromatic rings. The van der Waals surface area contributed by atoms with Gasteiger partial charge in [-0.05, 0) is 24.3 Å². The number of aromatic nitrogens is 2. The van der Waals surface area contributed by atoms with Gasteiger partial charge in [0.2, 0.25) is 0 Å². The largest absolute Gasteiger partial charge is 0.382 e. The van der Waals surface area contributed by atoms with Crippen LogP contribution in [0.5, 0.6) is 0 Å². The lowest BCUT2D eigenvalue weighted by molar-refractivity contribution is 1.07. The molecular formula is C10H7BrN4. The summed E-state index contributed by atoms with van der Waals surface area (Å²) in [6, 6.07) is 9.52. The van der Waals surface area contributed by atoms with E-state index in [4.69, 9.17) is 11.0 Å². The van der Waals surface area contributed by atoms with E-state index in [0.29, 0.717) is 5.82 Å². The normalized spacial score (nSPS) is 9.87. The Morgan fingerprint density at radius 1 is 1.33 bits per heavy atom. The molecule has 4 nitrogen and oxygen atoms in total. The summed E-state index contributed by atoms with van der Waals surface area (Å²) in [5.74, 6) is 0.361. The van der Waals surface area contributed by atoms with Crippen molar-refractivity contribution >= 4 is 21.7 Å². The number of nitrogen functional groups attached to an aromatic ring is 1. The van der Waals surface area contributed by atoms with Gasteiger partial charge in [0.25, 0.3) is 0 Å². The number of nitrogens with two attached hydrogens (primary N) is 1. The molecule has 0 saturated carbocycles. The highest BCUT2D eigenvalue weighted by Crippen LogP contribution is 2.18. The molecule has 2 rings (SSSR count). The van der Waals surface area contributed by atoms with E-state index in [1.165, 1.54) is 6.33 Å². The topological polar surface area (TPSA) is 67.6 Å². The summed E-state index contributed by atoms with van der Waals surface area (Å²) in [4.78, 5) is 3.90. The van der Waals surface area contributed by atoms with Crippen molar-refractivity contribution in [2.45, 2.75) is 0 Å². The summed E-state index contributed by atoms with van der Waals surface area (Å²) in [6.45, 7) is 0. The first-order valence-electron chi connectivity index (χ1n) is 4.21. The van der Waals surface area contributed by atoms with Gasteiger partial charge in [0.15, 0.2) is 5.69 Å². The third kappa shape index (κ3) is 1.72. The highest BCUT2D eigenvalue weighted by Gasteiger charge is 2.07. The maximum Gasteiger partial charge on any atom is 0.182 e. The van der Waals surface area contributed by atoms with Crippen molar-refractivity contribution < 1.29 is 0 Å². The van der Waals surface area contributed by atoms with Gasteiger partial charge in [0.1, 0.15) is 18.2 Å². The van der Waals surface area contributed by atoms with E-state index < -0.39 is 0 Å². The molecule has 1 aromatic heterocycles. The molecule has 0 aliphatic heterocycles. The van der Waals surface area contributed by atoms with Gasteiger partial charge < -0.3 is 5.73 Å². The minimum Gasteiger partial charge on any atom is -0.382 e. The number of hydrogen-bond donors (Lipinski definition) is 1. The molecule has 0 saturated heterocycles. The second-order valence-electron chi connectivity index (χ2n) is 2.94. The molecule has 2 N–H and O–H groups in total. The number of rotatable bonds is 1. The van der Waals surface area contributed by atoms with E-state index in [-0.39, 0.29) is 5.69 Å². The van der Waals surface area contributed by atoms with Gasteiger partial charge in [0, 0.05) is 10.2 Å². The summed E-state index contributed by atoms with van der Waals surface area (Å²) in [5.41, 5.74) is 6.88. The number of benzene rings is 1. The molecule has 0 unspecified atom stereocenters. The zero-order valence-corrected chi connectivity index (χ0v) is 9.27. The predicted octanol–water partition coefficient (Wildman–Crippen LogP) is 2.09. The first-order valence-corrected chi connectivity index (χ1v) is 5.00. The summed E-state index contributed by atoms with van der Waals surface area (Å²) >= 11 is 3.35. The minimum atomic E-state index is 0.248. The lowest BCUT2D eigenvalue weighted by Crippen LogP contribution is -1.99. The monoisotopic (exact) mass is 262 g/mol. The fourth-order valence-electron chi connectivity index (χ4n) is 1.25. The SMILES string of the molecule is N#Cc1ncn(-c2ccc(Br)cc2)c1N. The minimum absolute atomic E-state index is 0.248. The molecule has 74 valence electrons. The maximum atomic E-state index is 8.71. The van der Waals surface area contributed by atoms with E-state index >= 15 is 0 Å². The van der Waals surface area contributed by atoms with Crippen LogP contribution in [0, 0.1) is 11.3 Å². The molecule has 1 heterocycles. The van der Waals surface area contributed by atoms with Gasteiger partial charge in [-0.3, -0.25) is 4.57 Å². The third-order valence-electron chi connectivity index (χ3n) is 2.02. The molecule has 0 spiro atoms. The van der Waals surface area contributed by atoms with Crippen LogP contribution in [0.15, 0.2) is 35.1 Å². The fraction of sp³-hybridized carbons (Fsp3) is 0. The molecule has 0 amide bonds. The molecule has 0 atom stereocenters. The summed E-state index contributed by atoms with van der Waals surface area (Å²) < 4.78 is 2.66. The van der Waals surface area contributed by atoms with Crippen LogP contribution in [0.4, 0.5) is 5.82 Å². The zero-order valence-electron chi connectivity index (χ0n) is 7.68. The molecule has 0 aliphatic rings. The standard InChI is InChI=1S/C10H7BrN4/c11-7-1-3-8(4-2-7)15-6-14-9(5-12)10(15)13/h1-4,6H,13H2. The van der Waals surface area contributed by atoms with E-state index in [0.717, 1.165) is 10.2 Å². The molecule has 0 fully saturated rings. The summed E-state index contributed by atoms with van der Waals surface area (Å²) in [6.07, 6.45) is 1.54. The molecule has 0 aliphatic carbocycles. The third-order valence-corrected chi connectivity index (χ3v) is 2.54. The van der Waals surface area contributed by atoms with E-state index in [9.17, 15) is 0 Å². The molecular weight excluding hydrogens is 256 g/mol. The van der Waals surface area contributed by atoms with Crippen LogP contribution in [-0.2, 0) is 0 Å². The van der Waals surface area contributed by atoms with Gasteiger partial charge in [-0.2, -0.15) is 5.26 Å². The van der Waals surface area contributed by atoms with Crippen LogP contribution in [0.3, 0.4) is 0 Å². The highest BCUT2D eigenvalue weighted by atomic mass is 79.9. The number of hydrogen-bond acceptors (Lipinski definition) is 3. The molecule has 0 bridgehead atoms. The molecule has 5 heteroatoms. The van der Waals surface area contributed by atoms with Gasteiger partial charge in [-0.15, -0.1) is 0 Å². The Kier molecular flexibility index (Phi) is 2.44. The van der Waals surface area contributed by atoms with Crippen molar-refractivity contribution in [3.63, 3.8) is 0 Å². The lowest BCUT2D eigenvalue weighted by Gasteiger charge is -2.04. The van der Waals surface area contributed by atoms with Crippen molar-refractivity contribution in [2.24, 2.45) is 0 Å².